The minimum Gasteiger partial charge on any atom is -0.221 e. The lowest BCUT2D eigenvalue weighted by Gasteiger charge is -2.02. The molecule has 0 unspecified atom stereocenters. The lowest BCUT2D eigenvalue weighted by molar-refractivity contribution is 0.608. The van der Waals surface area contributed by atoms with E-state index >= 15 is 0 Å². The summed E-state index contributed by atoms with van der Waals surface area (Å²) in [5.41, 5.74) is 0.719. The van der Waals surface area contributed by atoms with Gasteiger partial charge in [-0.05, 0) is 30.7 Å². The average Bonchev–Trinajstić information content (AvgIpc) is 2.67. The Labute approximate surface area is 119 Å². The molecule has 8 heteroatoms. The quantitative estimate of drug-likeness (QED) is 0.815. The Hall–Kier alpha value is -1.11. The Morgan fingerprint density at radius 3 is 2.32 bits per heavy atom. The van der Waals surface area contributed by atoms with E-state index < -0.39 is 14.9 Å². The Morgan fingerprint density at radius 2 is 1.89 bits per heavy atom. The fraction of sp³-hybridized carbons (Fsp3) is 0.182. The van der Waals surface area contributed by atoms with Crippen LogP contribution in [0.5, 0.6) is 0 Å². The zero-order valence-corrected chi connectivity index (χ0v) is 12.1. The summed E-state index contributed by atoms with van der Waals surface area (Å²) in [7, 11) is 1.36. The highest BCUT2D eigenvalue weighted by molar-refractivity contribution is 8.13. The molecule has 2 aromatic rings. The molecule has 1 heterocycles. The van der Waals surface area contributed by atoms with E-state index in [1.165, 1.54) is 28.9 Å². The van der Waals surface area contributed by atoms with E-state index in [0.29, 0.717) is 12.1 Å². The molecule has 0 bridgehead atoms. The summed E-state index contributed by atoms with van der Waals surface area (Å²) < 4.78 is 37.1. The predicted octanol–water partition coefficient (Wildman–Crippen LogP) is 3.15. The lowest BCUT2D eigenvalue weighted by atomic mass is 10.3. The Kier molecular flexibility index (Phi) is 3.85. The molecule has 0 aliphatic carbocycles. The molecular weight excluding hydrogens is 314 g/mol. The van der Waals surface area contributed by atoms with Crippen LogP contribution >= 0.6 is 22.3 Å². The van der Waals surface area contributed by atoms with Crippen molar-refractivity contribution in [3.63, 3.8) is 0 Å². The first-order valence-electron chi connectivity index (χ1n) is 5.32. The summed E-state index contributed by atoms with van der Waals surface area (Å²) in [6.45, 7) is 1.74. The molecule has 0 spiro atoms. The van der Waals surface area contributed by atoms with Crippen molar-refractivity contribution < 1.29 is 12.8 Å². The molecule has 0 aliphatic rings. The number of benzene rings is 1. The van der Waals surface area contributed by atoms with Crippen molar-refractivity contribution in [2.24, 2.45) is 0 Å². The van der Waals surface area contributed by atoms with E-state index in [4.69, 9.17) is 22.3 Å². The van der Waals surface area contributed by atoms with Crippen LogP contribution in [0.2, 0.25) is 5.15 Å². The third-order valence-corrected chi connectivity index (χ3v) is 4.35. The highest BCUT2D eigenvalue weighted by atomic mass is 35.7. The van der Waals surface area contributed by atoms with Crippen LogP contribution in [-0.4, -0.2) is 18.2 Å². The van der Waals surface area contributed by atoms with Gasteiger partial charge in [-0.2, -0.15) is 5.10 Å². The van der Waals surface area contributed by atoms with Gasteiger partial charge >= 0.3 is 0 Å². The minimum absolute atomic E-state index is 0.113. The van der Waals surface area contributed by atoms with Crippen molar-refractivity contribution >= 4 is 31.3 Å². The third-order valence-electron chi connectivity index (χ3n) is 2.51. The molecule has 0 N–H and O–H groups in total. The monoisotopic (exact) mass is 322 g/mol. The zero-order chi connectivity index (χ0) is 14.2. The average molecular weight is 323 g/mol. The molecule has 0 radical (unpaired) electrons. The molecule has 0 amide bonds. The van der Waals surface area contributed by atoms with Gasteiger partial charge in [-0.1, -0.05) is 18.5 Å². The fourth-order valence-corrected chi connectivity index (χ4v) is 3.56. The van der Waals surface area contributed by atoms with Crippen molar-refractivity contribution in [2.45, 2.75) is 18.2 Å². The molecule has 1 aromatic carbocycles. The molecule has 4 nitrogen and oxygen atoms in total. The first-order chi connectivity index (χ1) is 8.84. The summed E-state index contributed by atoms with van der Waals surface area (Å²) in [5.74, 6) is -0.409. The van der Waals surface area contributed by atoms with Gasteiger partial charge in [-0.3, -0.25) is 0 Å². The molecular formula is C11H9Cl2FN2O2S. The van der Waals surface area contributed by atoms with Crippen LogP contribution in [0.15, 0.2) is 29.2 Å². The second-order valence-corrected chi connectivity index (χ2v) is 6.61. The van der Waals surface area contributed by atoms with E-state index in [9.17, 15) is 12.8 Å². The number of rotatable bonds is 3. The summed E-state index contributed by atoms with van der Waals surface area (Å²) in [5, 5.41) is 3.98. The first-order valence-corrected chi connectivity index (χ1v) is 8.01. The smallest absolute Gasteiger partial charge is 0.221 e. The summed E-state index contributed by atoms with van der Waals surface area (Å²) in [6.07, 6.45) is 0.356. The highest BCUT2D eigenvalue weighted by Gasteiger charge is 2.25. The van der Waals surface area contributed by atoms with Crippen molar-refractivity contribution in [3.05, 3.63) is 40.9 Å². The Balaban J connectivity index is 2.67. The summed E-state index contributed by atoms with van der Waals surface area (Å²) >= 11 is 6.01. The van der Waals surface area contributed by atoms with Crippen LogP contribution in [0.25, 0.3) is 5.69 Å². The van der Waals surface area contributed by atoms with Gasteiger partial charge < -0.3 is 0 Å². The number of hydrogen-bond acceptors (Lipinski definition) is 3. The molecule has 2 rings (SSSR count). The Bertz CT molecular complexity index is 711. The highest BCUT2D eigenvalue weighted by Crippen LogP contribution is 2.30. The van der Waals surface area contributed by atoms with E-state index in [0.717, 1.165) is 0 Å². The Morgan fingerprint density at radius 1 is 1.32 bits per heavy atom. The van der Waals surface area contributed by atoms with Crippen LogP contribution < -0.4 is 0 Å². The molecule has 0 aliphatic heterocycles. The maximum atomic E-state index is 12.9. The molecule has 0 saturated carbocycles. The van der Waals surface area contributed by atoms with Gasteiger partial charge in [-0.25, -0.2) is 17.5 Å². The van der Waals surface area contributed by atoms with Crippen LogP contribution in [0.1, 0.15) is 12.6 Å². The summed E-state index contributed by atoms with van der Waals surface area (Å²) in [6, 6.07) is 5.35. The van der Waals surface area contributed by atoms with E-state index in [1.807, 2.05) is 0 Å². The topological polar surface area (TPSA) is 52.0 Å². The molecule has 0 fully saturated rings. The lowest BCUT2D eigenvalue weighted by Crippen LogP contribution is -1.97. The molecule has 19 heavy (non-hydrogen) atoms. The fourth-order valence-electron chi connectivity index (χ4n) is 1.65. The predicted molar refractivity (Wildman–Crippen MR) is 70.9 cm³/mol. The van der Waals surface area contributed by atoms with Gasteiger partial charge in [0.05, 0.1) is 11.4 Å². The van der Waals surface area contributed by atoms with Crippen molar-refractivity contribution in [1.29, 1.82) is 0 Å². The number of hydrogen-bond donors (Lipinski definition) is 0. The SMILES string of the molecule is CCc1nn(-c2ccc(F)cc2)c(Cl)c1S(=O)(=O)Cl. The first kappa shape index (κ1) is 14.3. The maximum absolute atomic E-state index is 12.9. The number of aryl methyl sites for hydroxylation is 1. The summed E-state index contributed by atoms with van der Waals surface area (Å²) in [4.78, 5) is -0.206. The molecule has 0 atom stereocenters. The van der Waals surface area contributed by atoms with Gasteiger partial charge in [-0.15, -0.1) is 0 Å². The van der Waals surface area contributed by atoms with E-state index in [2.05, 4.69) is 5.10 Å². The molecule has 102 valence electrons. The standard InChI is InChI=1S/C11H9Cl2FN2O2S/c1-2-9-10(19(13,17)18)11(12)16(15-9)8-5-3-7(14)4-6-8/h3-6H,2H2,1H3. The number of nitrogens with zero attached hydrogens (tertiary/aromatic N) is 2. The van der Waals surface area contributed by atoms with Gasteiger partial charge in [0.25, 0.3) is 9.05 Å². The van der Waals surface area contributed by atoms with Crippen LogP contribution in [-0.2, 0) is 15.5 Å². The van der Waals surface area contributed by atoms with Crippen molar-refractivity contribution in [2.75, 3.05) is 0 Å². The van der Waals surface area contributed by atoms with Gasteiger partial charge in [0.2, 0.25) is 0 Å². The maximum Gasteiger partial charge on any atom is 0.266 e. The number of aromatic nitrogens is 2. The third kappa shape index (κ3) is 2.75. The van der Waals surface area contributed by atoms with Crippen LogP contribution in [0, 0.1) is 5.82 Å². The van der Waals surface area contributed by atoms with Crippen molar-refractivity contribution in [3.8, 4) is 5.69 Å². The zero-order valence-electron chi connectivity index (χ0n) is 9.77. The molecule has 1 aromatic heterocycles. The largest absolute Gasteiger partial charge is 0.266 e. The van der Waals surface area contributed by atoms with E-state index in [-0.39, 0.29) is 15.7 Å². The van der Waals surface area contributed by atoms with Gasteiger partial charge in [0.1, 0.15) is 10.7 Å². The van der Waals surface area contributed by atoms with Gasteiger partial charge in [0.15, 0.2) is 5.15 Å². The second kappa shape index (κ2) is 5.11. The minimum atomic E-state index is -3.99. The van der Waals surface area contributed by atoms with Crippen molar-refractivity contribution in [1.82, 2.24) is 9.78 Å². The van der Waals surface area contributed by atoms with Gasteiger partial charge in [0, 0.05) is 10.7 Å². The van der Waals surface area contributed by atoms with Crippen LogP contribution in [0.3, 0.4) is 0 Å². The van der Waals surface area contributed by atoms with Crippen LogP contribution in [0.4, 0.5) is 4.39 Å². The normalized spacial score (nSPS) is 11.8. The molecule has 0 saturated heterocycles. The van der Waals surface area contributed by atoms with E-state index in [1.54, 1.807) is 6.92 Å². The second-order valence-electron chi connectivity index (χ2n) is 3.75. The number of halogens is 3.